The Morgan fingerprint density at radius 1 is 1.44 bits per heavy atom. The fourth-order valence-corrected chi connectivity index (χ4v) is 2.27. The van der Waals surface area contributed by atoms with E-state index in [1.807, 2.05) is 23.9 Å². The highest BCUT2D eigenvalue weighted by molar-refractivity contribution is 5.65. The van der Waals surface area contributed by atoms with Crippen molar-refractivity contribution in [2.45, 2.75) is 19.3 Å². The van der Waals surface area contributed by atoms with Crippen molar-refractivity contribution in [3.05, 3.63) is 24.0 Å². The molecule has 1 aliphatic rings. The van der Waals surface area contributed by atoms with Gasteiger partial charge in [-0.1, -0.05) is 0 Å². The molecule has 0 radical (unpaired) electrons. The van der Waals surface area contributed by atoms with Crippen molar-refractivity contribution >= 4 is 5.82 Å². The summed E-state index contributed by atoms with van der Waals surface area (Å²) in [5, 5.41) is 7.97. The normalized spacial score (nSPS) is 15.3. The molecule has 0 bridgehead atoms. The number of aryl methyl sites for hydroxylation is 1. The summed E-state index contributed by atoms with van der Waals surface area (Å²) in [5.41, 5.74) is 2.27. The molecule has 0 unspecified atom stereocenters. The molecule has 4 heteroatoms. The molecule has 2 aromatic heterocycles. The molecule has 1 aliphatic heterocycles. The minimum atomic E-state index is 0.862. The van der Waals surface area contributed by atoms with Gasteiger partial charge in [-0.3, -0.25) is 4.68 Å². The SMILES string of the molecule is Cn1nc(-c2ccco2)c2c1NCCCC2. The maximum absolute atomic E-state index is 5.44. The Bertz CT molecular complexity index is 485. The Hall–Kier alpha value is -1.71. The van der Waals surface area contributed by atoms with Crippen molar-refractivity contribution < 1.29 is 4.42 Å². The molecule has 3 heterocycles. The van der Waals surface area contributed by atoms with E-state index in [1.165, 1.54) is 18.4 Å². The van der Waals surface area contributed by atoms with Crippen molar-refractivity contribution in [2.75, 3.05) is 11.9 Å². The summed E-state index contributed by atoms with van der Waals surface area (Å²) < 4.78 is 7.35. The van der Waals surface area contributed by atoms with Gasteiger partial charge in [-0.15, -0.1) is 0 Å². The molecule has 0 amide bonds. The number of fused-ring (bicyclic) bond motifs is 1. The van der Waals surface area contributed by atoms with Crippen molar-refractivity contribution in [2.24, 2.45) is 7.05 Å². The van der Waals surface area contributed by atoms with E-state index in [9.17, 15) is 0 Å². The van der Waals surface area contributed by atoms with Crippen LogP contribution in [0, 0.1) is 0 Å². The molecule has 16 heavy (non-hydrogen) atoms. The van der Waals surface area contributed by atoms with E-state index in [1.54, 1.807) is 6.26 Å². The summed E-state index contributed by atoms with van der Waals surface area (Å²) in [6.07, 6.45) is 5.19. The van der Waals surface area contributed by atoms with Gasteiger partial charge in [-0.05, 0) is 31.4 Å². The molecule has 2 aromatic rings. The van der Waals surface area contributed by atoms with Crippen LogP contribution in [0.25, 0.3) is 11.5 Å². The Kier molecular flexibility index (Phi) is 2.20. The predicted octanol–water partition coefficient (Wildman–Crippen LogP) is 2.43. The minimum absolute atomic E-state index is 0.862. The van der Waals surface area contributed by atoms with E-state index in [-0.39, 0.29) is 0 Å². The zero-order valence-electron chi connectivity index (χ0n) is 9.36. The Morgan fingerprint density at radius 2 is 2.38 bits per heavy atom. The molecular weight excluding hydrogens is 202 g/mol. The van der Waals surface area contributed by atoms with Gasteiger partial charge in [0, 0.05) is 19.2 Å². The first-order valence-corrected chi connectivity index (χ1v) is 5.70. The molecule has 0 atom stereocenters. The minimum Gasteiger partial charge on any atom is -0.463 e. The summed E-state index contributed by atoms with van der Waals surface area (Å²) in [5.74, 6) is 2.00. The van der Waals surface area contributed by atoms with Crippen LogP contribution >= 0.6 is 0 Å². The van der Waals surface area contributed by atoms with Crippen LogP contribution < -0.4 is 5.32 Å². The fraction of sp³-hybridized carbons (Fsp3) is 0.417. The lowest BCUT2D eigenvalue weighted by Gasteiger charge is -2.03. The van der Waals surface area contributed by atoms with Crippen molar-refractivity contribution in [1.82, 2.24) is 9.78 Å². The molecular formula is C12H15N3O. The van der Waals surface area contributed by atoms with Crippen LogP contribution in [0.1, 0.15) is 18.4 Å². The standard InChI is InChI=1S/C12H15N3O/c1-15-12-9(5-2-3-7-13-12)11(14-15)10-6-4-8-16-10/h4,6,8,13H,2-3,5,7H2,1H3. The molecule has 1 N–H and O–H groups in total. The fourth-order valence-electron chi connectivity index (χ4n) is 2.27. The van der Waals surface area contributed by atoms with Gasteiger partial charge >= 0.3 is 0 Å². The molecule has 0 saturated carbocycles. The highest BCUT2D eigenvalue weighted by Gasteiger charge is 2.20. The summed E-state index contributed by atoms with van der Waals surface area (Å²) in [7, 11) is 1.98. The molecule has 3 rings (SSSR count). The van der Waals surface area contributed by atoms with Crippen LogP contribution in [0.4, 0.5) is 5.82 Å². The van der Waals surface area contributed by atoms with Gasteiger partial charge in [0.05, 0.1) is 6.26 Å². The lowest BCUT2D eigenvalue weighted by molar-refractivity contribution is 0.577. The summed E-state index contributed by atoms with van der Waals surface area (Å²) in [6.45, 7) is 1.03. The van der Waals surface area contributed by atoms with Gasteiger partial charge in [0.1, 0.15) is 11.5 Å². The summed E-state index contributed by atoms with van der Waals surface area (Å²) in [6, 6.07) is 3.87. The first-order valence-electron chi connectivity index (χ1n) is 5.70. The van der Waals surface area contributed by atoms with E-state index in [4.69, 9.17) is 4.42 Å². The van der Waals surface area contributed by atoms with Crippen LogP contribution in [0.5, 0.6) is 0 Å². The van der Waals surface area contributed by atoms with Gasteiger partial charge in [-0.25, -0.2) is 0 Å². The number of aromatic nitrogens is 2. The van der Waals surface area contributed by atoms with Crippen LogP contribution in [-0.4, -0.2) is 16.3 Å². The number of rotatable bonds is 1. The molecule has 84 valence electrons. The third-order valence-corrected chi connectivity index (χ3v) is 3.05. The first kappa shape index (κ1) is 9.51. The van der Waals surface area contributed by atoms with Crippen LogP contribution in [0.3, 0.4) is 0 Å². The number of nitrogens with one attached hydrogen (secondary N) is 1. The molecule has 0 aliphatic carbocycles. The van der Waals surface area contributed by atoms with Gasteiger partial charge in [0.2, 0.25) is 0 Å². The monoisotopic (exact) mass is 217 g/mol. The second-order valence-electron chi connectivity index (χ2n) is 4.16. The topological polar surface area (TPSA) is 43.0 Å². The number of nitrogens with zero attached hydrogens (tertiary/aromatic N) is 2. The van der Waals surface area contributed by atoms with Crippen LogP contribution in [-0.2, 0) is 13.5 Å². The number of hydrogen-bond donors (Lipinski definition) is 1. The Balaban J connectivity index is 2.13. The highest BCUT2D eigenvalue weighted by Crippen LogP contribution is 2.31. The quantitative estimate of drug-likeness (QED) is 0.797. The third-order valence-electron chi connectivity index (χ3n) is 3.05. The molecule has 0 aromatic carbocycles. The number of furan rings is 1. The second-order valence-corrected chi connectivity index (χ2v) is 4.16. The van der Waals surface area contributed by atoms with E-state index < -0.39 is 0 Å². The zero-order chi connectivity index (χ0) is 11.0. The smallest absolute Gasteiger partial charge is 0.154 e. The molecule has 0 spiro atoms. The summed E-state index contributed by atoms with van der Waals surface area (Å²) in [4.78, 5) is 0. The Morgan fingerprint density at radius 3 is 3.19 bits per heavy atom. The van der Waals surface area contributed by atoms with E-state index in [0.29, 0.717) is 0 Å². The van der Waals surface area contributed by atoms with Crippen molar-refractivity contribution in [1.29, 1.82) is 0 Å². The third kappa shape index (κ3) is 1.41. The van der Waals surface area contributed by atoms with Crippen molar-refractivity contribution in [3.8, 4) is 11.5 Å². The number of anilines is 1. The highest BCUT2D eigenvalue weighted by atomic mass is 16.3. The van der Waals surface area contributed by atoms with Crippen LogP contribution in [0.2, 0.25) is 0 Å². The van der Waals surface area contributed by atoms with Crippen LogP contribution in [0.15, 0.2) is 22.8 Å². The predicted molar refractivity (Wildman–Crippen MR) is 62.3 cm³/mol. The lowest BCUT2D eigenvalue weighted by atomic mass is 10.1. The van der Waals surface area contributed by atoms with Gasteiger partial charge in [0.25, 0.3) is 0 Å². The average Bonchev–Trinajstić information content (AvgIpc) is 2.82. The maximum Gasteiger partial charge on any atom is 0.154 e. The molecule has 4 nitrogen and oxygen atoms in total. The zero-order valence-corrected chi connectivity index (χ0v) is 9.36. The number of hydrogen-bond acceptors (Lipinski definition) is 3. The average molecular weight is 217 g/mol. The largest absolute Gasteiger partial charge is 0.463 e. The molecule has 0 saturated heterocycles. The molecule has 0 fully saturated rings. The van der Waals surface area contributed by atoms with Gasteiger partial charge < -0.3 is 9.73 Å². The Labute approximate surface area is 94.3 Å². The van der Waals surface area contributed by atoms with E-state index in [0.717, 1.165) is 30.2 Å². The van der Waals surface area contributed by atoms with Crippen molar-refractivity contribution in [3.63, 3.8) is 0 Å². The first-order chi connectivity index (χ1) is 7.86. The van der Waals surface area contributed by atoms with E-state index in [2.05, 4.69) is 10.4 Å². The maximum atomic E-state index is 5.44. The lowest BCUT2D eigenvalue weighted by Crippen LogP contribution is -2.04. The summed E-state index contributed by atoms with van der Waals surface area (Å²) >= 11 is 0. The van der Waals surface area contributed by atoms with E-state index >= 15 is 0 Å². The van der Waals surface area contributed by atoms with Gasteiger partial charge in [-0.2, -0.15) is 5.10 Å². The second kappa shape index (κ2) is 3.70. The van der Waals surface area contributed by atoms with Gasteiger partial charge in [0.15, 0.2) is 5.76 Å².